The van der Waals surface area contributed by atoms with E-state index in [4.69, 9.17) is 0 Å². The summed E-state index contributed by atoms with van der Waals surface area (Å²) in [4.78, 5) is 25.7. The maximum Gasteiger partial charge on any atom is 0.329 e. The standard InChI is InChI=1S/C18H19NO3/c1-18(2,17(21)22)19(15-11-7-4-8-12-15)16(20)13-14-9-5-3-6-10-14/h3-12H,13H2,1-2H3,(H,21,22). The Morgan fingerprint density at radius 2 is 1.45 bits per heavy atom. The van der Waals surface area contributed by atoms with Gasteiger partial charge in [0.25, 0.3) is 0 Å². The van der Waals surface area contributed by atoms with Crippen molar-refractivity contribution in [2.24, 2.45) is 0 Å². The Labute approximate surface area is 130 Å². The maximum absolute atomic E-state index is 12.7. The first-order valence-electron chi connectivity index (χ1n) is 7.08. The molecule has 0 radical (unpaired) electrons. The second-order valence-electron chi connectivity index (χ2n) is 5.59. The van der Waals surface area contributed by atoms with Gasteiger partial charge in [-0.2, -0.15) is 0 Å². The van der Waals surface area contributed by atoms with Crippen molar-refractivity contribution in [2.45, 2.75) is 25.8 Å². The number of carboxylic acid groups (broad SMARTS) is 1. The van der Waals surface area contributed by atoms with Gasteiger partial charge < -0.3 is 5.11 Å². The molecule has 0 bridgehead atoms. The van der Waals surface area contributed by atoms with E-state index in [-0.39, 0.29) is 12.3 Å². The van der Waals surface area contributed by atoms with E-state index in [0.29, 0.717) is 5.69 Å². The van der Waals surface area contributed by atoms with Gasteiger partial charge in [-0.3, -0.25) is 9.69 Å². The van der Waals surface area contributed by atoms with Crippen LogP contribution in [0, 0.1) is 0 Å². The van der Waals surface area contributed by atoms with E-state index in [1.54, 1.807) is 24.3 Å². The Morgan fingerprint density at radius 1 is 0.955 bits per heavy atom. The number of carbonyl (C=O) groups excluding carboxylic acids is 1. The van der Waals surface area contributed by atoms with Crippen LogP contribution in [-0.2, 0) is 16.0 Å². The van der Waals surface area contributed by atoms with E-state index in [2.05, 4.69) is 0 Å². The van der Waals surface area contributed by atoms with Gasteiger partial charge in [0, 0.05) is 5.69 Å². The molecular formula is C18H19NO3. The van der Waals surface area contributed by atoms with E-state index in [1.807, 2.05) is 36.4 Å². The highest BCUT2D eigenvalue weighted by Gasteiger charge is 2.38. The molecule has 114 valence electrons. The average molecular weight is 297 g/mol. The van der Waals surface area contributed by atoms with Gasteiger partial charge in [-0.1, -0.05) is 48.5 Å². The summed E-state index contributed by atoms with van der Waals surface area (Å²) >= 11 is 0. The van der Waals surface area contributed by atoms with Gasteiger partial charge in [0.15, 0.2) is 0 Å². The van der Waals surface area contributed by atoms with Crippen molar-refractivity contribution in [1.82, 2.24) is 0 Å². The molecule has 0 aromatic heterocycles. The maximum atomic E-state index is 12.7. The summed E-state index contributed by atoms with van der Waals surface area (Å²) in [5.41, 5.74) is 0.109. The van der Waals surface area contributed by atoms with Crippen LogP contribution in [0.15, 0.2) is 60.7 Å². The number of carbonyl (C=O) groups is 2. The van der Waals surface area contributed by atoms with E-state index in [0.717, 1.165) is 5.56 Å². The Balaban J connectivity index is 2.37. The number of benzene rings is 2. The van der Waals surface area contributed by atoms with Crippen LogP contribution in [0.25, 0.3) is 0 Å². The molecule has 0 unspecified atom stereocenters. The van der Waals surface area contributed by atoms with Crippen LogP contribution in [0.4, 0.5) is 5.69 Å². The second-order valence-corrected chi connectivity index (χ2v) is 5.59. The second kappa shape index (κ2) is 6.43. The molecule has 2 aromatic rings. The van der Waals surface area contributed by atoms with Crippen LogP contribution < -0.4 is 4.90 Å². The van der Waals surface area contributed by atoms with Crippen molar-refractivity contribution in [3.63, 3.8) is 0 Å². The molecule has 1 N–H and O–H groups in total. The lowest BCUT2D eigenvalue weighted by molar-refractivity contribution is -0.143. The predicted molar refractivity (Wildman–Crippen MR) is 85.8 cm³/mol. The Morgan fingerprint density at radius 3 is 1.95 bits per heavy atom. The van der Waals surface area contributed by atoms with Gasteiger partial charge in [0.2, 0.25) is 5.91 Å². The van der Waals surface area contributed by atoms with Crippen LogP contribution in [0.1, 0.15) is 19.4 Å². The molecule has 2 aromatic carbocycles. The lowest BCUT2D eigenvalue weighted by Crippen LogP contribution is -2.54. The van der Waals surface area contributed by atoms with E-state index >= 15 is 0 Å². The SMILES string of the molecule is CC(C)(C(=O)O)N(C(=O)Cc1ccccc1)c1ccccc1. The summed E-state index contributed by atoms with van der Waals surface area (Å²) in [5, 5.41) is 9.49. The van der Waals surface area contributed by atoms with Crippen LogP contribution in [-0.4, -0.2) is 22.5 Å². The van der Waals surface area contributed by atoms with Gasteiger partial charge in [0.05, 0.1) is 6.42 Å². The molecule has 0 aliphatic heterocycles. The lowest BCUT2D eigenvalue weighted by Gasteiger charge is -2.35. The smallest absolute Gasteiger partial charge is 0.329 e. The van der Waals surface area contributed by atoms with Crippen molar-refractivity contribution in [2.75, 3.05) is 4.90 Å². The quantitative estimate of drug-likeness (QED) is 0.922. The highest BCUT2D eigenvalue weighted by molar-refractivity contribution is 6.02. The molecule has 0 aliphatic rings. The monoisotopic (exact) mass is 297 g/mol. The summed E-state index contributed by atoms with van der Waals surface area (Å²) in [5.74, 6) is -1.29. The zero-order chi connectivity index (χ0) is 16.2. The largest absolute Gasteiger partial charge is 0.480 e. The first-order chi connectivity index (χ1) is 10.4. The summed E-state index contributed by atoms with van der Waals surface area (Å²) in [7, 11) is 0. The van der Waals surface area contributed by atoms with Crippen LogP contribution in [0.2, 0.25) is 0 Å². The van der Waals surface area contributed by atoms with Crippen LogP contribution in [0.3, 0.4) is 0 Å². The fourth-order valence-corrected chi connectivity index (χ4v) is 2.30. The summed E-state index contributed by atoms with van der Waals surface area (Å²) in [6, 6.07) is 18.2. The lowest BCUT2D eigenvalue weighted by atomic mass is 10.00. The number of rotatable bonds is 5. The molecule has 22 heavy (non-hydrogen) atoms. The molecule has 0 spiro atoms. The van der Waals surface area contributed by atoms with E-state index < -0.39 is 11.5 Å². The number of hydrogen-bond donors (Lipinski definition) is 1. The normalized spacial score (nSPS) is 11.0. The summed E-state index contributed by atoms with van der Waals surface area (Å²) in [6.45, 7) is 3.07. The molecule has 0 saturated carbocycles. The number of anilines is 1. The molecule has 0 heterocycles. The fourth-order valence-electron chi connectivity index (χ4n) is 2.30. The van der Waals surface area contributed by atoms with Gasteiger partial charge in [0.1, 0.15) is 5.54 Å². The predicted octanol–water partition coefficient (Wildman–Crippen LogP) is 3.13. The van der Waals surface area contributed by atoms with Gasteiger partial charge in [-0.25, -0.2) is 4.79 Å². The number of aliphatic carboxylic acids is 1. The zero-order valence-electron chi connectivity index (χ0n) is 12.7. The van der Waals surface area contributed by atoms with Crippen molar-refractivity contribution in [3.05, 3.63) is 66.2 Å². The minimum atomic E-state index is -1.33. The van der Waals surface area contributed by atoms with Crippen molar-refractivity contribution in [1.29, 1.82) is 0 Å². The number of nitrogens with zero attached hydrogens (tertiary/aromatic N) is 1. The molecule has 0 saturated heterocycles. The third-order valence-corrected chi connectivity index (χ3v) is 3.54. The highest BCUT2D eigenvalue weighted by atomic mass is 16.4. The molecule has 2 rings (SSSR count). The molecule has 0 atom stereocenters. The Kier molecular flexibility index (Phi) is 4.61. The van der Waals surface area contributed by atoms with Gasteiger partial charge in [-0.15, -0.1) is 0 Å². The first-order valence-corrected chi connectivity index (χ1v) is 7.08. The highest BCUT2D eigenvalue weighted by Crippen LogP contribution is 2.25. The number of para-hydroxylation sites is 1. The number of amides is 1. The third kappa shape index (κ3) is 3.34. The first kappa shape index (κ1) is 15.8. The molecular weight excluding hydrogens is 278 g/mol. The Bertz CT molecular complexity index is 651. The average Bonchev–Trinajstić information content (AvgIpc) is 2.49. The van der Waals surface area contributed by atoms with Crippen LogP contribution >= 0.6 is 0 Å². The number of hydrogen-bond acceptors (Lipinski definition) is 2. The number of carboxylic acids is 1. The molecule has 4 nitrogen and oxygen atoms in total. The van der Waals surface area contributed by atoms with Crippen molar-refractivity contribution in [3.8, 4) is 0 Å². The molecule has 1 amide bonds. The zero-order valence-corrected chi connectivity index (χ0v) is 12.7. The Hall–Kier alpha value is -2.62. The summed E-state index contributed by atoms with van der Waals surface area (Å²) < 4.78 is 0. The summed E-state index contributed by atoms with van der Waals surface area (Å²) in [6.07, 6.45) is 0.159. The molecule has 0 aliphatic carbocycles. The molecule has 4 heteroatoms. The van der Waals surface area contributed by atoms with Crippen LogP contribution in [0.5, 0.6) is 0 Å². The minimum Gasteiger partial charge on any atom is -0.480 e. The minimum absolute atomic E-state index is 0.159. The molecule has 0 fully saturated rings. The van der Waals surface area contributed by atoms with Crippen molar-refractivity contribution < 1.29 is 14.7 Å². The van der Waals surface area contributed by atoms with Crippen molar-refractivity contribution >= 4 is 17.6 Å². The third-order valence-electron chi connectivity index (χ3n) is 3.54. The van der Waals surface area contributed by atoms with E-state index in [1.165, 1.54) is 18.7 Å². The van der Waals surface area contributed by atoms with Gasteiger partial charge >= 0.3 is 5.97 Å². The fraction of sp³-hybridized carbons (Fsp3) is 0.222. The van der Waals surface area contributed by atoms with Gasteiger partial charge in [-0.05, 0) is 31.5 Å². The van der Waals surface area contributed by atoms with E-state index in [9.17, 15) is 14.7 Å². The topological polar surface area (TPSA) is 57.6 Å².